The number of pyridine rings is 1. The molecule has 5 nitrogen and oxygen atoms in total. The quantitative estimate of drug-likeness (QED) is 0.918. The summed E-state index contributed by atoms with van der Waals surface area (Å²) in [5.74, 6) is 0.448. The molecule has 0 amide bonds. The van der Waals surface area contributed by atoms with E-state index in [1.807, 2.05) is 6.20 Å². The minimum Gasteiger partial charge on any atom is -0.387 e. The van der Waals surface area contributed by atoms with Crippen molar-refractivity contribution in [3.63, 3.8) is 0 Å². The van der Waals surface area contributed by atoms with Crippen LogP contribution in [-0.4, -0.2) is 66.5 Å². The van der Waals surface area contributed by atoms with Crippen LogP contribution in [0.15, 0.2) is 18.3 Å². The summed E-state index contributed by atoms with van der Waals surface area (Å²) in [4.78, 5) is 9.17. The number of hydrogen-bond acceptors (Lipinski definition) is 5. The molecule has 1 aromatic heterocycles. The van der Waals surface area contributed by atoms with Crippen LogP contribution in [0, 0.1) is 0 Å². The lowest BCUT2D eigenvalue weighted by Gasteiger charge is -2.43. The first-order chi connectivity index (χ1) is 11.1. The molecule has 2 saturated heterocycles. The van der Waals surface area contributed by atoms with Gasteiger partial charge in [-0.15, -0.1) is 0 Å². The summed E-state index contributed by atoms with van der Waals surface area (Å²) in [6.45, 7) is 10.1. The Morgan fingerprint density at radius 2 is 2.04 bits per heavy atom. The molecule has 1 atom stereocenters. The highest BCUT2D eigenvalue weighted by Crippen LogP contribution is 2.27. The second-order valence-corrected chi connectivity index (χ2v) is 7.23. The first kappa shape index (κ1) is 16.7. The zero-order chi connectivity index (χ0) is 16.3. The van der Waals surface area contributed by atoms with Crippen molar-refractivity contribution in [2.45, 2.75) is 38.2 Å². The third kappa shape index (κ3) is 4.22. The Bertz CT molecular complexity index is 499. The lowest BCUT2D eigenvalue weighted by molar-refractivity contribution is -0.0382. The van der Waals surface area contributed by atoms with E-state index >= 15 is 0 Å². The fourth-order valence-corrected chi connectivity index (χ4v) is 3.56. The van der Waals surface area contributed by atoms with Crippen LogP contribution in [0.3, 0.4) is 0 Å². The molecule has 128 valence electrons. The lowest BCUT2D eigenvalue weighted by Crippen LogP contribution is -2.56. The van der Waals surface area contributed by atoms with Crippen molar-refractivity contribution < 1.29 is 9.84 Å². The van der Waals surface area contributed by atoms with Crippen LogP contribution in [0.1, 0.15) is 38.3 Å². The molecule has 2 fully saturated rings. The van der Waals surface area contributed by atoms with E-state index in [1.54, 1.807) is 0 Å². The van der Waals surface area contributed by atoms with Gasteiger partial charge in [-0.2, -0.15) is 0 Å². The van der Waals surface area contributed by atoms with Gasteiger partial charge in [0.05, 0.1) is 30.7 Å². The molecular weight excluding hydrogens is 290 g/mol. The summed E-state index contributed by atoms with van der Waals surface area (Å²) in [5, 5.41) is 11.1. The predicted molar refractivity (Wildman–Crippen MR) is 92.0 cm³/mol. The highest BCUT2D eigenvalue weighted by Gasteiger charge is 2.35. The van der Waals surface area contributed by atoms with Crippen LogP contribution in [0.2, 0.25) is 0 Å². The fraction of sp³-hybridized carbons (Fsp3) is 0.722. The second kappa shape index (κ2) is 7.16. The average Bonchev–Trinajstić information content (AvgIpc) is 2.55. The molecule has 0 aromatic carbocycles. The van der Waals surface area contributed by atoms with Crippen molar-refractivity contribution in [3.8, 4) is 0 Å². The van der Waals surface area contributed by atoms with Crippen LogP contribution in [0.5, 0.6) is 0 Å². The first-order valence-corrected chi connectivity index (χ1v) is 8.79. The van der Waals surface area contributed by atoms with Crippen molar-refractivity contribution in [2.75, 3.05) is 50.8 Å². The lowest BCUT2D eigenvalue weighted by atomic mass is 9.91. The van der Waals surface area contributed by atoms with Gasteiger partial charge in [-0.1, -0.05) is 13.8 Å². The molecule has 23 heavy (non-hydrogen) atoms. The number of piperidine rings is 1. The van der Waals surface area contributed by atoms with Gasteiger partial charge in [0.1, 0.15) is 0 Å². The first-order valence-electron chi connectivity index (χ1n) is 8.79. The van der Waals surface area contributed by atoms with Crippen LogP contribution in [0.25, 0.3) is 0 Å². The van der Waals surface area contributed by atoms with E-state index in [4.69, 9.17) is 4.74 Å². The van der Waals surface area contributed by atoms with Crippen molar-refractivity contribution in [1.82, 2.24) is 9.88 Å². The summed E-state index contributed by atoms with van der Waals surface area (Å²) in [6.07, 6.45) is 3.85. The Labute approximate surface area is 139 Å². The van der Waals surface area contributed by atoms with E-state index in [0.29, 0.717) is 12.5 Å². The second-order valence-electron chi connectivity index (χ2n) is 7.23. The standard InChI is InChI=1S/C18H29N3O2/c1-15(2)17-5-4-16(12-19-17)21-7-3-6-18(22,14-21)13-20-8-10-23-11-9-20/h4-5,12,15,22H,3,6-11,13-14H2,1-2H3. The topological polar surface area (TPSA) is 48.8 Å². The summed E-state index contributed by atoms with van der Waals surface area (Å²) in [7, 11) is 0. The van der Waals surface area contributed by atoms with E-state index in [0.717, 1.165) is 63.6 Å². The van der Waals surface area contributed by atoms with Crippen molar-refractivity contribution >= 4 is 5.69 Å². The van der Waals surface area contributed by atoms with Crippen LogP contribution < -0.4 is 4.90 Å². The van der Waals surface area contributed by atoms with Gasteiger partial charge in [0, 0.05) is 38.4 Å². The van der Waals surface area contributed by atoms with Crippen molar-refractivity contribution in [3.05, 3.63) is 24.0 Å². The number of rotatable bonds is 4. The predicted octanol–water partition coefficient (Wildman–Crippen LogP) is 1.87. The molecule has 2 aliphatic rings. The summed E-state index contributed by atoms with van der Waals surface area (Å²) in [6, 6.07) is 4.25. The van der Waals surface area contributed by atoms with E-state index in [-0.39, 0.29) is 0 Å². The van der Waals surface area contributed by atoms with Crippen molar-refractivity contribution in [1.29, 1.82) is 0 Å². The summed E-state index contributed by atoms with van der Waals surface area (Å²) < 4.78 is 5.40. The third-order valence-electron chi connectivity index (χ3n) is 4.90. The van der Waals surface area contributed by atoms with Gasteiger partial charge in [0.15, 0.2) is 0 Å². The summed E-state index contributed by atoms with van der Waals surface area (Å²) in [5.41, 5.74) is 1.61. The Morgan fingerprint density at radius 1 is 1.26 bits per heavy atom. The molecule has 1 N–H and O–H groups in total. The minimum absolute atomic E-state index is 0.448. The van der Waals surface area contributed by atoms with Gasteiger partial charge in [-0.05, 0) is 30.9 Å². The molecule has 0 saturated carbocycles. The maximum Gasteiger partial charge on any atom is 0.0948 e. The average molecular weight is 319 g/mol. The van der Waals surface area contributed by atoms with Gasteiger partial charge >= 0.3 is 0 Å². The minimum atomic E-state index is -0.633. The zero-order valence-electron chi connectivity index (χ0n) is 14.4. The van der Waals surface area contributed by atoms with Crippen LogP contribution >= 0.6 is 0 Å². The molecule has 0 radical (unpaired) electrons. The van der Waals surface area contributed by atoms with Gasteiger partial charge < -0.3 is 14.7 Å². The Kier molecular flexibility index (Phi) is 5.19. The molecule has 0 aliphatic carbocycles. The van der Waals surface area contributed by atoms with Gasteiger partial charge in [-0.25, -0.2) is 0 Å². The van der Waals surface area contributed by atoms with E-state index in [1.165, 1.54) is 0 Å². The molecule has 2 aliphatic heterocycles. The van der Waals surface area contributed by atoms with Gasteiger partial charge in [0.2, 0.25) is 0 Å². The van der Waals surface area contributed by atoms with Crippen molar-refractivity contribution in [2.24, 2.45) is 0 Å². The normalized spacial score (nSPS) is 26.7. The van der Waals surface area contributed by atoms with Gasteiger partial charge in [-0.3, -0.25) is 9.88 Å². The Morgan fingerprint density at radius 3 is 2.70 bits per heavy atom. The largest absolute Gasteiger partial charge is 0.387 e. The number of anilines is 1. The Hall–Kier alpha value is -1.17. The zero-order valence-corrected chi connectivity index (χ0v) is 14.4. The van der Waals surface area contributed by atoms with Crippen LogP contribution in [-0.2, 0) is 4.74 Å². The molecule has 0 spiro atoms. The number of hydrogen-bond donors (Lipinski definition) is 1. The van der Waals surface area contributed by atoms with Crippen LogP contribution in [0.4, 0.5) is 5.69 Å². The maximum absolute atomic E-state index is 11.1. The molecule has 3 heterocycles. The SMILES string of the molecule is CC(C)c1ccc(N2CCCC(O)(CN3CCOCC3)C2)cn1. The molecule has 1 aromatic rings. The highest BCUT2D eigenvalue weighted by atomic mass is 16.5. The summed E-state index contributed by atoms with van der Waals surface area (Å²) >= 11 is 0. The smallest absolute Gasteiger partial charge is 0.0948 e. The van der Waals surface area contributed by atoms with E-state index in [2.05, 4.69) is 40.8 Å². The molecular formula is C18H29N3O2. The number of nitrogens with zero attached hydrogens (tertiary/aromatic N) is 3. The number of ether oxygens (including phenoxy) is 1. The maximum atomic E-state index is 11.1. The fourth-order valence-electron chi connectivity index (χ4n) is 3.56. The molecule has 3 rings (SSSR count). The number of aliphatic hydroxyl groups is 1. The number of aromatic nitrogens is 1. The number of β-amino-alcohol motifs (C(OH)–C–C–N with tert-alkyl or cyclic N) is 1. The molecule has 1 unspecified atom stereocenters. The third-order valence-corrected chi connectivity index (χ3v) is 4.90. The van der Waals surface area contributed by atoms with E-state index < -0.39 is 5.60 Å². The van der Waals surface area contributed by atoms with E-state index in [9.17, 15) is 5.11 Å². The molecule has 0 bridgehead atoms. The highest BCUT2D eigenvalue weighted by molar-refractivity contribution is 5.46. The molecule has 5 heteroatoms. The monoisotopic (exact) mass is 319 g/mol. The Balaban J connectivity index is 1.64. The van der Waals surface area contributed by atoms with Gasteiger partial charge in [0.25, 0.3) is 0 Å². The number of morpholine rings is 1.